The van der Waals surface area contributed by atoms with E-state index in [1.54, 1.807) is 24.3 Å². The van der Waals surface area contributed by atoms with Crippen molar-refractivity contribution in [2.75, 3.05) is 0 Å². The quantitative estimate of drug-likeness (QED) is 0.101. The predicted molar refractivity (Wildman–Crippen MR) is 254 cm³/mol. The average molecular weight is 830 g/mol. The van der Waals surface area contributed by atoms with Gasteiger partial charge in [0.2, 0.25) is 0 Å². The van der Waals surface area contributed by atoms with Gasteiger partial charge in [0.15, 0.2) is 23.3 Å². The molecule has 2 aliphatic rings. The van der Waals surface area contributed by atoms with E-state index >= 15 is 0 Å². The Morgan fingerprint density at radius 1 is 0.460 bits per heavy atom. The van der Waals surface area contributed by atoms with Gasteiger partial charge in [0.1, 0.15) is 22.6 Å². The lowest BCUT2D eigenvalue weighted by Crippen LogP contribution is -2.10. The van der Waals surface area contributed by atoms with E-state index < -0.39 is 0 Å². The molecule has 11 heteroatoms. The van der Waals surface area contributed by atoms with Gasteiger partial charge in [0.05, 0.1) is 10.5 Å². The van der Waals surface area contributed by atoms with Crippen LogP contribution in [0.1, 0.15) is 90.1 Å². The Balaban J connectivity index is 1.32. The highest BCUT2D eigenvalue weighted by molar-refractivity contribution is 6.07. The largest absolute Gasteiger partial charge is 0.324 e. The molecule has 0 unspecified atom stereocenters. The summed E-state index contributed by atoms with van der Waals surface area (Å²) in [5.41, 5.74) is 10.4. The molecule has 5 aromatic carbocycles. The van der Waals surface area contributed by atoms with Gasteiger partial charge in [-0.1, -0.05) is 123 Å². The van der Waals surface area contributed by atoms with Crippen molar-refractivity contribution in [3.8, 4) is 45.6 Å². The fourth-order valence-corrected chi connectivity index (χ4v) is 8.30. The second-order valence-corrected chi connectivity index (χ2v) is 19.6. The summed E-state index contributed by atoms with van der Waals surface area (Å²) in [6, 6.07) is 32.0. The molecule has 0 aliphatic carbocycles. The molecule has 0 atom stereocenters. The Bertz CT molecular complexity index is 3430. The van der Waals surface area contributed by atoms with Gasteiger partial charge in [-0.25, -0.2) is 29.9 Å². The molecule has 3 aromatic heterocycles. The van der Waals surface area contributed by atoms with Gasteiger partial charge in [-0.3, -0.25) is 10.1 Å². The first-order chi connectivity index (χ1) is 29.9. The van der Waals surface area contributed by atoms with Gasteiger partial charge in [-0.2, -0.15) is 0 Å². The number of aromatic amines is 2. The highest BCUT2D eigenvalue weighted by Crippen LogP contribution is 2.41. The fraction of sp³-hybridized carbons (Fsp3) is 0.231. The van der Waals surface area contributed by atoms with E-state index in [0.29, 0.717) is 51.4 Å². The minimum absolute atomic E-state index is 0.0375. The molecule has 0 spiro atoms. The van der Waals surface area contributed by atoms with E-state index in [9.17, 15) is 10.1 Å². The highest BCUT2D eigenvalue weighted by Gasteiger charge is 2.26. The maximum atomic E-state index is 11.8. The molecule has 11 nitrogen and oxygen atoms in total. The molecule has 0 amide bonds. The number of fused-ring (bicyclic) bond motifs is 20. The van der Waals surface area contributed by atoms with E-state index in [1.165, 1.54) is 11.6 Å². The highest BCUT2D eigenvalue weighted by atomic mass is 16.6. The maximum Gasteiger partial charge on any atom is 0.276 e. The van der Waals surface area contributed by atoms with Crippen LogP contribution in [0.5, 0.6) is 0 Å². The minimum Gasteiger partial charge on any atom is -0.324 e. The molecule has 0 saturated carbocycles. The Labute approximate surface area is 364 Å². The van der Waals surface area contributed by atoms with Crippen molar-refractivity contribution in [1.82, 2.24) is 39.9 Å². The summed E-state index contributed by atoms with van der Waals surface area (Å²) in [5, 5.41) is 15.3. The average Bonchev–Trinajstić information content (AvgIpc) is 3.96. The topological polar surface area (TPSA) is 152 Å². The van der Waals surface area contributed by atoms with Crippen molar-refractivity contribution >= 4 is 62.0 Å². The van der Waals surface area contributed by atoms with Crippen molar-refractivity contribution in [2.45, 2.75) is 78.6 Å². The van der Waals surface area contributed by atoms with Crippen LogP contribution in [0.3, 0.4) is 0 Å². The van der Waals surface area contributed by atoms with Crippen molar-refractivity contribution < 1.29 is 4.92 Å². The molecule has 8 aromatic rings. The molecular formula is C52H47N9O2. The molecule has 63 heavy (non-hydrogen) atoms. The minimum atomic E-state index is -0.368. The number of hydrogen-bond donors (Lipinski definition) is 2. The second-order valence-electron chi connectivity index (χ2n) is 19.6. The van der Waals surface area contributed by atoms with Crippen LogP contribution in [0.4, 0.5) is 5.69 Å². The molecule has 0 fully saturated rings. The molecule has 312 valence electrons. The van der Waals surface area contributed by atoms with E-state index in [4.69, 9.17) is 29.9 Å². The Hall–Kier alpha value is -7.40. The Morgan fingerprint density at radius 3 is 1.40 bits per heavy atom. The summed E-state index contributed by atoms with van der Waals surface area (Å²) < 4.78 is 0. The smallest absolute Gasteiger partial charge is 0.276 e. The molecule has 2 N–H and O–H groups in total. The Kier molecular flexibility index (Phi) is 8.87. The fourth-order valence-electron chi connectivity index (χ4n) is 8.30. The number of nitrogens with one attached hydrogen (secondary N) is 2. The number of nitro benzene ring substituents is 1. The van der Waals surface area contributed by atoms with Gasteiger partial charge in [-0.15, -0.1) is 0 Å². The summed E-state index contributed by atoms with van der Waals surface area (Å²) in [6.45, 7) is 19.8. The van der Waals surface area contributed by atoms with Crippen LogP contribution in [0.25, 0.3) is 102 Å². The number of benzene rings is 5. The molecular weight excluding hydrogens is 783 g/mol. The van der Waals surface area contributed by atoms with Crippen LogP contribution in [0.2, 0.25) is 0 Å². The predicted octanol–water partition coefficient (Wildman–Crippen LogP) is 12.8. The SMILES string of the molecule is CC(C)(C)c1ccc2c(c1)-c1nc-2nc2[nH]c(nc3nc(nc4[nH]c(n1)c1ccc(/C=C/c5ccccc5[N+](=O)[O-])cc41)-c1ccc(C(C)(C)C)cc1-3)c1ccc(C(C)(C)C)cc21. The van der Waals surface area contributed by atoms with Crippen molar-refractivity contribution in [3.05, 3.63) is 135 Å². The second kappa shape index (κ2) is 14.1. The molecule has 10 rings (SSSR count). The van der Waals surface area contributed by atoms with Crippen LogP contribution < -0.4 is 0 Å². The summed E-state index contributed by atoms with van der Waals surface area (Å²) in [5.74, 6) is 2.13. The molecule has 5 heterocycles. The van der Waals surface area contributed by atoms with Crippen molar-refractivity contribution in [3.63, 3.8) is 0 Å². The third kappa shape index (κ3) is 7.03. The van der Waals surface area contributed by atoms with Gasteiger partial charge in [-0.05, 0) is 81.0 Å². The third-order valence-corrected chi connectivity index (χ3v) is 12.0. The zero-order chi connectivity index (χ0) is 44.2. The number of hydrogen-bond acceptors (Lipinski definition) is 8. The van der Waals surface area contributed by atoms with Gasteiger partial charge in [0.25, 0.3) is 5.69 Å². The number of aromatic nitrogens is 8. The van der Waals surface area contributed by atoms with Gasteiger partial charge < -0.3 is 9.97 Å². The molecule has 2 aliphatic heterocycles. The van der Waals surface area contributed by atoms with Crippen LogP contribution in [-0.4, -0.2) is 44.8 Å². The first-order valence-electron chi connectivity index (χ1n) is 21.2. The lowest BCUT2D eigenvalue weighted by molar-refractivity contribution is -0.385. The molecule has 0 saturated heterocycles. The summed E-state index contributed by atoms with van der Waals surface area (Å²) in [6.07, 6.45) is 3.64. The van der Waals surface area contributed by atoms with E-state index in [0.717, 1.165) is 60.5 Å². The van der Waals surface area contributed by atoms with Gasteiger partial charge >= 0.3 is 0 Å². The summed E-state index contributed by atoms with van der Waals surface area (Å²) in [7, 11) is 0. The number of nitro groups is 1. The zero-order valence-corrected chi connectivity index (χ0v) is 36.8. The first-order valence-corrected chi connectivity index (χ1v) is 21.2. The van der Waals surface area contributed by atoms with Crippen LogP contribution >= 0.6 is 0 Å². The van der Waals surface area contributed by atoms with Crippen LogP contribution in [0.15, 0.2) is 97.1 Å². The van der Waals surface area contributed by atoms with Crippen LogP contribution in [0, 0.1) is 10.1 Å². The van der Waals surface area contributed by atoms with Gasteiger partial charge in [0, 0.05) is 49.9 Å². The van der Waals surface area contributed by atoms with E-state index in [-0.39, 0.29) is 26.9 Å². The lowest BCUT2D eigenvalue weighted by atomic mass is 9.85. The number of rotatable bonds is 3. The summed E-state index contributed by atoms with van der Waals surface area (Å²) in [4.78, 5) is 50.1. The zero-order valence-electron chi connectivity index (χ0n) is 36.8. The number of nitrogens with zero attached hydrogens (tertiary/aromatic N) is 7. The molecule has 0 radical (unpaired) electrons. The van der Waals surface area contributed by atoms with Crippen molar-refractivity contribution in [1.29, 1.82) is 0 Å². The standard InChI is InChI=1S/C52H47N9O2/c1-50(2,3)30-17-21-34-38(25-30)48-56-43(34)54-46-37-24-28(14-16-29-12-10-11-13-41(29)61(62)63)15-20-33(37)42(53-46)55-47-39-26-31(51(4,5)6)18-22-35(39)44(57-47)59-49-40-27-32(52(7,8)9)19-23-36(40)45(58-48)60-49/h10-27H,1-9H3,(H2,53,54,55,56,57,58,59,60)/b16-14+. The maximum absolute atomic E-state index is 11.8. The molecule has 8 bridgehead atoms. The van der Waals surface area contributed by atoms with Crippen molar-refractivity contribution in [2.24, 2.45) is 0 Å². The number of H-pyrrole nitrogens is 2. The summed E-state index contributed by atoms with van der Waals surface area (Å²) >= 11 is 0. The number of para-hydroxylation sites is 1. The Morgan fingerprint density at radius 2 is 0.889 bits per heavy atom. The normalized spacial score (nSPS) is 12.9. The van der Waals surface area contributed by atoms with Crippen LogP contribution in [-0.2, 0) is 16.2 Å². The van der Waals surface area contributed by atoms with E-state index in [2.05, 4.69) is 127 Å². The van der Waals surface area contributed by atoms with E-state index in [1.807, 2.05) is 24.3 Å². The third-order valence-electron chi connectivity index (χ3n) is 12.0. The monoisotopic (exact) mass is 829 g/mol. The lowest BCUT2D eigenvalue weighted by Gasteiger charge is -2.19. The first kappa shape index (κ1) is 39.7.